The molecule has 4 heteroatoms. The number of guanidine groups is 1. The van der Waals surface area contributed by atoms with Crippen LogP contribution in [0.3, 0.4) is 0 Å². The van der Waals surface area contributed by atoms with Gasteiger partial charge in [-0.15, -0.1) is 0 Å². The lowest BCUT2D eigenvalue weighted by molar-refractivity contribution is 1.36. The second-order valence-electron chi connectivity index (χ2n) is 0.648. The molecule has 0 unspecified atom stereocenters. The maximum Gasteiger partial charge on any atom is 0.185 e. The highest BCUT2D eigenvalue weighted by Crippen LogP contribution is 1.40. The van der Waals surface area contributed by atoms with E-state index in [-0.39, 0.29) is 14.4 Å². The van der Waals surface area contributed by atoms with Crippen molar-refractivity contribution in [2.24, 2.45) is 16.5 Å². The van der Waals surface area contributed by atoms with Crippen LogP contribution in [0.5, 0.6) is 0 Å². The molecule has 0 atom stereocenters. The van der Waals surface area contributed by atoms with Crippen LogP contribution in [0.1, 0.15) is 27.7 Å². The molecule has 0 aliphatic rings. The van der Waals surface area contributed by atoms with Crippen molar-refractivity contribution in [2.75, 3.05) is 7.05 Å². The van der Waals surface area contributed by atoms with Crippen LogP contribution in [0.2, 0.25) is 0 Å². The third-order valence-corrected chi connectivity index (χ3v) is 0.258. The smallest absolute Gasteiger partial charge is 0.185 e. The Hall–Kier alpha value is -0.665. The molecule has 0 aromatic carbocycles. The van der Waals surface area contributed by atoms with Crippen LogP contribution in [0.4, 0.5) is 0 Å². The molecule has 0 aliphatic carbocycles. The molecule has 3 nitrogen and oxygen atoms in total. The number of aliphatic imine (C=N–C) groups is 1. The molecular formula is C6H19BN3. The van der Waals surface area contributed by atoms with Gasteiger partial charge in [-0.25, -0.2) is 0 Å². The molecule has 0 aromatic heterocycles. The van der Waals surface area contributed by atoms with Crippen molar-refractivity contribution in [3.05, 3.63) is 0 Å². The van der Waals surface area contributed by atoms with Gasteiger partial charge in [-0.05, 0) is 0 Å². The molecule has 0 spiro atoms. The lowest BCUT2D eigenvalue weighted by atomic mass is 10.8. The quantitative estimate of drug-likeness (QED) is 0.296. The van der Waals surface area contributed by atoms with Crippen molar-refractivity contribution >= 4 is 14.4 Å². The first-order valence-corrected chi connectivity index (χ1v) is 3.25. The molecule has 0 fully saturated rings. The van der Waals surface area contributed by atoms with Crippen LogP contribution in [0.25, 0.3) is 0 Å². The van der Waals surface area contributed by atoms with Gasteiger partial charge >= 0.3 is 0 Å². The Morgan fingerprint density at radius 2 is 1.10 bits per heavy atom. The lowest BCUT2D eigenvalue weighted by Gasteiger charge is -1.77. The summed E-state index contributed by atoms with van der Waals surface area (Å²) in [5, 5.41) is 0. The predicted molar refractivity (Wildman–Crippen MR) is 50.2 cm³/mol. The van der Waals surface area contributed by atoms with E-state index in [2.05, 4.69) is 4.99 Å². The van der Waals surface area contributed by atoms with E-state index in [1.165, 1.54) is 7.05 Å². The average molecular weight is 144 g/mol. The number of rotatable bonds is 0. The van der Waals surface area contributed by atoms with E-state index < -0.39 is 0 Å². The molecular weight excluding hydrogens is 125 g/mol. The van der Waals surface area contributed by atoms with Crippen molar-refractivity contribution in [3.63, 3.8) is 0 Å². The molecule has 0 aliphatic heterocycles. The fraction of sp³-hybridized carbons (Fsp3) is 0.833. The molecule has 0 saturated carbocycles. The van der Waals surface area contributed by atoms with Crippen LogP contribution in [-0.2, 0) is 0 Å². The zero-order valence-corrected chi connectivity index (χ0v) is 7.68. The highest BCUT2D eigenvalue weighted by atomic mass is 15.0. The van der Waals surface area contributed by atoms with Crippen LogP contribution in [-0.4, -0.2) is 21.4 Å². The average Bonchev–Trinajstić information content (AvgIpc) is 1.97. The van der Waals surface area contributed by atoms with Crippen molar-refractivity contribution in [1.82, 2.24) is 0 Å². The summed E-state index contributed by atoms with van der Waals surface area (Å²) in [6.07, 6.45) is 0. The Bertz CT molecular complexity index is 51.0. The minimum absolute atomic E-state index is 0. The number of nitrogens with zero attached hydrogens (tertiary/aromatic N) is 1. The highest BCUT2D eigenvalue weighted by Gasteiger charge is 1.61. The molecule has 0 heterocycles. The Morgan fingerprint density at radius 3 is 1.10 bits per heavy atom. The van der Waals surface area contributed by atoms with E-state index in [0.29, 0.717) is 0 Å². The van der Waals surface area contributed by atoms with Gasteiger partial charge in [0, 0.05) is 15.5 Å². The molecule has 0 saturated heterocycles. The second kappa shape index (κ2) is 40.3. The summed E-state index contributed by atoms with van der Waals surface area (Å²) < 4.78 is 0. The van der Waals surface area contributed by atoms with Gasteiger partial charge < -0.3 is 11.5 Å². The standard InChI is InChI=1S/C2H7N3.2C2H6.B/c1-5-2(3)4;2*1-2;/h1H3,(H4,3,4,5);2*1-2H3;. The summed E-state index contributed by atoms with van der Waals surface area (Å²) in [5.74, 6) is 0.130. The van der Waals surface area contributed by atoms with Crippen LogP contribution in [0.15, 0.2) is 4.99 Å². The zero-order valence-electron chi connectivity index (χ0n) is 7.68. The third kappa shape index (κ3) is 165. The Kier molecular flexibility index (Phi) is 91.9. The van der Waals surface area contributed by atoms with E-state index in [4.69, 9.17) is 11.5 Å². The molecule has 0 rings (SSSR count). The van der Waals surface area contributed by atoms with Gasteiger partial charge in [-0.1, -0.05) is 27.7 Å². The van der Waals surface area contributed by atoms with Gasteiger partial charge in [0.15, 0.2) is 5.96 Å². The van der Waals surface area contributed by atoms with Gasteiger partial charge in [0.25, 0.3) is 0 Å². The van der Waals surface area contributed by atoms with E-state index in [9.17, 15) is 0 Å². The number of hydrogen-bond donors (Lipinski definition) is 2. The first-order valence-electron chi connectivity index (χ1n) is 3.25. The van der Waals surface area contributed by atoms with E-state index >= 15 is 0 Å². The molecule has 0 amide bonds. The van der Waals surface area contributed by atoms with Crippen molar-refractivity contribution in [1.29, 1.82) is 0 Å². The predicted octanol–water partition coefficient (Wildman–Crippen LogP) is 0.561. The molecule has 61 valence electrons. The van der Waals surface area contributed by atoms with Gasteiger partial charge in [0.1, 0.15) is 0 Å². The maximum absolute atomic E-state index is 4.82. The van der Waals surface area contributed by atoms with Crippen molar-refractivity contribution in [2.45, 2.75) is 27.7 Å². The van der Waals surface area contributed by atoms with E-state index in [1.807, 2.05) is 27.7 Å². The molecule has 0 bridgehead atoms. The van der Waals surface area contributed by atoms with Gasteiger partial charge in [-0.2, -0.15) is 0 Å². The summed E-state index contributed by atoms with van der Waals surface area (Å²) in [6.45, 7) is 8.00. The topological polar surface area (TPSA) is 64.4 Å². The highest BCUT2D eigenvalue weighted by molar-refractivity contribution is 5.75. The first kappa shape index (κ1) is 22.8. The molecule has 10 heavy (non-hydrogen) atoms. The third-order valence-electron chi connectivity index (χ3n) is 0.258. The first-order chi connectivity index (χ1) is 4.27. The summed E-state index contributed by atoms with van der Waals surface area (Å²) >= 11 is 0. The summed E-state index contributed by atoms with van der Waals surface area (Å²) in [4.78, 5) is 3.36. The van der Waals surface area contributed by atoms with Crippen LogP contribution < -0.4 is 11.5 Å². The van der Waals surface area contributed by atoms with Gasteiger partial charge in [0.05, 0.1) is 0 Å². The summed E-state index contributed by atoms with van der Waals surface area (Å²) in [5.41, 5.74) is 9.64. The van der Waals surface area contributed by atoms with Crippen molar-refractivity contribution < 1.29 is 0 Å². The number of nitrogens with two attached hydrogens (primary N) is 2. The van der Waals surface area contributed by atoms with E-state index in [1.54, 1.807) is 0 Å². The van der Waals surface area contributed by atoms with Gasteiger partial charge in [0.2, 0.25) is 0 Å². The SMILES string of the molecule is CC.CC.CN=C(N)N.[B]. The van der Waals surface area contributed by atoms with Crippen LogP contribution in [0, 0.1) is 0 Å². The number of hydrogen-bond acceptors (Lipinski definition) is 1. The van der Waals surface area contributed by atoms with Crippen LogP contribution >= 0.6 is 0 Å². The summed E-state index contributed by atoms with van der Waals surface area (Å²) in [7, 11) is 1.54. The van der Waals surface area contributed by atoms with Gasteiger partial charge in [-0.3, -0.25) is 4.99 Å². The molecule has 4 N–H and O–H groups in total. The Balaban J connectivity index is -0.0000000315. The zero-order chi connectivity index (χ0) is 8.28. The Morgan fingerprint density at radius 1 is 1.00 bits per heavy atom. The lowest BCUT2D eigenvalue weighted by Crippen LogP contribution is -2.21. The molecule has 0 aromatic rings. The largest absolute Gasteiger partial charge is 0.370 e. The fourth-order valence-electron chi connectivity index (χ4n) is 0. The monoisotopic (exact) mass is 144 g/mol. The molecule has 3 radical (unpaired) electrons. The van der Waals surface area contributed by atoms with E-state index in [0.717, 1.165) is 0 Å². The Labute approximate surface area is 66.5 Å². The normalized spacial score (nSPS) is 4.50. The summed E-state index contributed by atoms with van der Waals surface area (Å²) in [6, 6.07) is 0. The second-order valence-corrected chi connectivity index (χ2v) is 0.648. The van der Waals surface area contributed by atoms with Crippen molar-refractivity contribution in [3.8, 4) is 0 Å². The fourth-order valence-corrected chi connectivity index (χ4v) is 0. The maximum atomic E-state index is 4.82. The minimum Gasteiger partial charge on any atom is -0.370 e. The minimum atomic E-state index is 0.